The molecule has 8 nitrogen and oxygen atoms in total. The lowest BCUT2D eigenvalue weighted by molar-refractivity contribution is -0.164. The fourth-order valence-corrected chi connectivity index (χ4v) is 5.37. The van der Waals surface area contributed by atoms with Crippen LogP contribution in [0.15, 0.2) is 48.5 Å². The third-order valence-electron chi connectivity index (χ3n) is 7.17. The molecule has 0 radical (unpaired) electrons. The van der Waals surface area contributed by atoms with Crippen molar-refractivity contribution in [1.82, 2.24) is 15.1 Å². The normalized spacial score (nSPS) is 20.1. The molecule has 1 N–H and O–H groups in total. The van der Waals surface area contributed by atoms with Crippen molar-refractivity contribution >= 4 is 30.5 Å². The molecule has 0 spiro atoms. The molecular formula is C28H34ClF2N3O5. The number of halogens is 3. The van der Waals surface area contributed by atoms with Crippen LogP contribution >= 0.6 is 12.4 Å². The first-order chi connectivity index (χ1) is 18.0. The fraction of sp³-hybridized carbons (Fsp3) is 0.464. The van der Waals surface area contributed by atoms with Crippen molar-refractivity contribution in [1.29, 1.82) is 0 Å². The molecule has 2 heterocycles. The predicted octanol–water partition coefficient (Wildman–Crippen LogP) is 5.31. The lowest BCUT2D eigenvalue weighted by Gasteiger charge is -2.41. The number of cyclic esters (lactones) is 1. The van der Waals surface area contributed by atoms with E-state index in [0.717, 1.165) is 35.7 Å². The quantitative estimate of drug-likeness (QED) is 0.361. The predicted molar refractivity (Wildman–Crippen MR) is 142 cm³/mol. The lowest BCUT2D eigenvalue weighted by atomic mass is 9.84. The number of benzene rings is 2. The summed E-state index contributed by atoms with van der Waals surface area (Å²) in [6.07, 6.45) is 1.10. The van der Waals surface area contributed by atoms with Crippen LogP contribution in [0.4, 0.5) is 18.4 Å². The molecule has 212 valence electrons. The van der Waals surface area contributed by atoms with Crippen molar-refractivity contribution in [3.63, 3.8) is 0 Å². The van der Waals surface area contributed by atoms with Crippen LogP contribution in [-0.4, -0.2) is 59.7 Å². The summed E-state index contributed by atoms with van der Waals surface area (Å²) >= 11 is 0. The first-order valence-corrected chi connectivity index (χ1v) is 12.7. The SMILES string of the molecule is CC(=O)OC1(c2ccccc2)CCN(CCCNC(=O)N2C(=O)OC(C)(C)C2c2ccc(F)c(F)c2)CC1.Cl. The van der Waals surface area contributed by atoms with Crippen LogP contribution in [0.1, 0.15) is 57.2 Å². The number of esters is 1. The molecule has 0 saturated carbocycles. The number of rotatable bonds is 7. The molecule has 0 bridgehead atoms. The lowest BCUT2D eigenvalue weighted by Crippen LogP contribution is -2.46. The molecule has 2 aliphatic rings. The van der Waals surface area contributed by atoms with Crippen LogP contribution < -0.4 is 5.32 Å². The number of urea groups is 1. The Morgan fingerprint density at radius 3 is 2.36 bits per heavy atom. The molecule has 1 unspecified atom stereocenters. The Bertz CT molecular complexity index is 1190. The van der Waals surface area contributed by atoms with Gasteiger partial charge < -0.3 is 19.7 Å². The summed E-state index contributed by atoms with van der Waals surface area (Å²) in [7, 11) is 0. The van der Waals surface area contributed by atoms with Gasteiger partial charge in [-0.05, 0) is 50.1 Å². The number of amides is 3. The van der Waals surface area contributed by atoms with E-state index in [1.807, 2.05) is 30.3 Å². The van der Waals surface area contributed by atoms with Gasteiger partial charge in [-0.15, -0.1) is 12.4 Å². The van der Waals surface area contributed by atoms with E-state index in [1.54, 1.807) is 13.8 Å². The second-order valence-corrected chi connectivity index (χ2v) is 10.3. The number of hydrogen-bond donors (Lipinski definition) is 1. The van der Waals surface area contributed by atoms with Gasteiger partial charge in [-0.1, -0.05) is 36.4 Å². The van der Waals surface area contributed by atoms with Crippen molar-refractivity contribution in [2.45, 2.75) is 57.3 Å². The summed E-state index contributed by atoms with van der Waals surface area (Å²) in [6, 6.07) is 11.5. The average Bonchev–Trinajstić information content (AvgIpc) is 3.12. The van der Waals surface area contributed by atoms with E-state index in [1.165, 1.54) is 13.0 Å². The maximum atomic E-state index is 13.9. The van der Waals surface area contributed by atoms with Crippen molar-refractivity contribution in [2.24, 2.45) is 0 Å². The van der Waals surface area contributed by atoms with Gasteiger partial charge in [0.05, 0.1) is 0 Å². The molecule has 0 aliphatic carbocycles. The molecule has 4 rings (SSSR count). The van der Waals surface area contributed by atoms with Gasteiger partial charge in [0.2, 0.25) is 0 Å². The van der Waals surface area contributed by atoms with E-state index in [2.05, 4.69) is 10.2 Å². The molecule has 2 saturated heterocycles. The summed E-state index contributed by atoms with van der Waals surface area (Å²) in [4.78, 5) is 40.5. The van der Waals surface area contributed by atoms with Crippen LogP contribution in [0.3, 0.4) is 0 Å². The minimum absolute atomic E-state index is 0. The van der Waals surface area contributed by atoms with E-state index in [4.69, 9.17) is 9.47 Å². The molecule has 2 fully saturated rings. The third-order valence-corrected chi connectivity index (χ3v) is 7.17. The molecule has 2 aliphatic heterocycles. The number of piperidine rings is 1. The van der Waals surface area contributed by atoms with E-state index >= 15 is 0 Å². The summed E-state index contributed by atoms with van der Waals surface area (Å²) in [5.74, 6) is -2.39. The molecule has 3 amide bonds. The second kappa shape index (κ2) is 12.3. The fourth-order valence-electron chi connectivity index (χ4n) is 5.37. The Morgan fingerprint density at radius 2 is 1.74 bits per heavy atom. The number of hydrogen-bond acceptors (Lipinski definition) is 6. The first-order valence-electron chi connectivity index (χ1n) is 12.7. The van der Waals surface area contributed by atoms with Crippen LogP contribution in [0.2, 0.25) is 0 Å². The summed E-state index contributed by atoms with van der Waals surface area (Å²) in [5, 5.41) is 2.75. The first kappa shape index (κ1) is 30.3. The zero-order valence-corrected chi connectivity index (χ0v) is 23.1. The maximum absolute atomic E-state index is 13.9. The number of likely N-dealkylation sites (tertiary alicyclic amines) is 1. The Hall–Kier alpha value is -3.24. The number of ether oxygens (including phenoxy) is 2. The van der Waals surface area contributed by atoms with Gasteiger partial charge in [0.1, 0.15) is 17.2 Å². The largest absolute Gasteiger partial charge is 0.454 e. The van der Waals surface area contributed by atoms with Gasteiger partial charge in [0.15, 0.2) is 11.6 Å². The van der Waals surface area contributed by atoms with Crippen LogP contribution in [0, 0.1) is 11.6 Å². The molecule has 39 heavy (non-hydrogen) atoms. The molecule has 0 aromatic heterocycles. The highest BCUT2D eigenvalue weighted by atomic mass is 35.5. The molecule has 2 aromatic rings. The van der Waals surface area contributed by atoms with Crippen LogP contribution in [0.5, 0.6) is 0 Å². The van der Waals surface area contributed by atoms with E-state index in [-0.39, 0.29) is 23.9 Å². The third kappa shape index (κ3) is 6.67. The Kier molecular flexibility index (Phi) is 9.55. The molecular weight excluding hydrogens is 532 g/mol. The number of nitrogens with zero attached hydrogens (tertiary/aromatic N) is 2. The van der Waals surface area contributed by atoms with Crippen molar-refractivity contribution in [2.75, 3.05) is 26.2 Å². The highest BCUT2D eigenvalue weighted by molar-refractivity contribution is 5.93. The van der Waals surface area contributed by atoms with Crippen LogP contribution in [-0.2, 0) is 19.9 Å². The van der Waals surface area contributed by atoms with Crippen LogP contribution in [0.25, 0.3) is 0 Å². The zero-order chi connectivity index (χ0) is 27.5. The summed E-state index contributed by atoms with van der Waals surface area (Å²) in [5.41, 5.74) is -0.522. The molecule has 1 atom stereocenters. The van der Waals surface area contributed by atoms with Crippen molar-refractivity contribution in [3.8, 4) is 0 Å². The van der Waals surface area contributed by atoms with Gasteiger partial charge in [-0.25, -0.2) is 23.3 Å². The Morgan fingerprint density at radius 1 is 1.08 bits per heavy atom. The van der Waals surface area contributed by atoms with Crippen molar-refractivity contribution in [3.05, 3.63) is 71.3 Å². The smallest absolute Gasteiger partial charge is 0.419 e. The van der Waals surface area contributed by atoms with E-state index in [9.17, 15) is 23.2 Å². The summed E-state index contributed by atoms with van der Waals surface area (Å²) < 4.78 is 38.5. The van der Waals surface area contributed by atoms with Crippen molar-refractivity contribution < 1.29 is 32.6 Å². The Balaban J connectivity index is 0.00000420. The summed E-state index contributed by atoms with van der Waals surface area (Å²) in [6.45, 7) is 7.11. The zero-order valence-electron chi connectivity index (χ0n) is 22.2. The van der Waals surface area contributed by atoms with E-state index in [0.29, 0.717) is 32.4 Å². The molecule has 2 aromatic carbocycles. The standard InChI is InChI=1S/C28H33F2N3O5.ClH/c1-19(34)37-28(21-8-5-4-6-9-21)12-16-32(17-13-28)15-7-14-31-25(35)33-24(27(2,3)38-26(33)36)20-10-11-22(29)23(30)18-20;/h4-6,8-11,18,24H,7,12-17H2,1-3H3,(H,31,35);1H. The van der Waals surface area contributed by atoms with Gasteiger partial charge in [-0.2, -0.15) is 0 Å². The van der Waals surface area contributed by atoms with Gasteiger partial charge in [0.25, 0.3) is 0 Å². The van der Waals surface area contributed by atoms with Gasteiger partial charge >= 0.3 is 18.1 Å². The highest BCUT2D eigenvalue weighted by Gasteiger charge is 2.51. The topological polar surface area (TPSA) is 88.2 Å². The van der Waals surface area contributed by atoms with E-state index < -0.39 is 41.0 Å². The van der Waals surface area contributed by atoms with Gasteiger partial charge in [0, 0.05) is 39.4 Å². The monoisotopic (exact) mass is 565 g/mol. The van der Waals surface area contributed by atoms with Gasteiger partial charge in [-0.3, -0.25) is 4.79 Å². The minimum atomic E-state index is -1.13. The number of carbonyl (C=O) groups excluding carboxylic acids is 3. The number of nitrogens with one attached hydrogen (secondary N) is 1. The second-order valence-electron chi connectivity index (χ2n) is 10.3. The number of imide groups is 1. The number of carbonyl (C=O) groups is 3. The highest BCUT2D eigenvalue weighted by Crippen LogP contribution is 2.41. The maximum Gasteiger partial charge on any atom is 0.419 e. The average molecular weight is 566 g/mol. The Labute approximate surface area is 233 Å². The molecule has 11 heteroatoms. The minimum Gasteiger partial charge on any atom is -0.454 e.